The molecule has 3 nitrogen and oxygen atoms in total. The molecule has 0 spiro atoms. The lowest BCUT2D eigenvalue weighted by Crippen LogP contribution is -2.48. The monoisotopic (exact) mass is 249 g/mol. The van der Waals surface area contributed by atoms with Crippen molar-refractivity contribution in [3.8, 4) is 5.75 Å². The molecule has 100 valence electrons. The molecule has 1 N–H and O–H groups in total. The predicted octanol–water partition coefficient (Wildman–Crippen LogP) is 2.08. The zero-order valence-electron chi connectivity index (χ0n) is 11.5. The van der Waals surface area contributed by atoms with E-state index in [1.54, 1.807) is 7.11 Å². The summed E-state index contributed by atoms with van der Waals surface area (Å²) in [5.41, 5.74) is 0.786. The van der Waals surface area contributed by atoms with Gasteiger partial charge in [0.2, 0.25) is 0 Å². The third kappa shape index (κ3) is 3.24. The van der Waals surface area contributed by atoms with Crippen LogP contribution in [0.5, 0.6) is 5.75 Å². The highest BCUT2D eigenvalue weighted by Crippen LogP contribution is 2.27. The number of ether oxygens (including phenoxy) is 1. The molecule has 0 aliphatic carbocycles. The maximum absolute atomic E-state index is 10.2. The van der Waals surface area contributed by atoms with Gasteiger partial charge in [0.25, 0.3) is 0 Å². The molecule has 0 radical (unpaired) electrons. The minimum atomic E-state index is -0.510. The molecule has 2 unspecified atom stereocenters. The topological polar surface area (TPSA) is 32.7 Å². The molecule has 3 heteroatoms. The van der Waals surface area contributed by atoms with E-state index in [1.807, 2.05) is 19.1 Å². The summed E-state index contributed by atoms with van der Waals surface area (Å²) < 4.78 is 5.16. The van der Waals surface area contributed by atoms with Crippen molar-refractivity contribution in [1.29, 1.82) is 0 Å². The minimum absolute atomic E-state index is 0.419. The molecule has 1 aromatic rings. The van der Waals surface area contributed by atoms with E-state index >= 15 is 0 Å². The normalized spacial score (nSPS) is 29.2. The average Bonchev–Trinajstić information content (AvgIpc) is 2.35. The van der Waals surface area contributed by atoms with Gasteiger partial charge in [0, 0.05) is 12.6 Å². The predicted molar refractivity (Wildman–Crippen MR) is 73.0 cm³/mol. The van der Waals surface area contributed by atoms with Crippen molar-refractivity contribution in [3.05, 3.63) is 29.8 Å². The fourth-order valence-electron chi connectivity index (χ4n) is 2.63. The van der Waals surface area contributed by atoms with Gasteiger partial charge in [-0.25, -0.2) is 0 Å². The van der Waals surface area contributed by atoms with E-state index < -0.39 is 5.60 Å². The molecule has 0 aromatic heterocycles. The molecule has 1 aliphatic rings. The van der Waals surface area contributed by atoms with Crippen LogP contribution in [0.25, 0.3) is 0 Å². The summed E-state index contributed by atoms with van der Waals surface area (Å²) in [6, 6.07) is 8.63. The van der Waals surface area contributed by atoms with Gasteiger partial charge in [-0.2, -0.15) is 0 Å². The third-order valence-electron chi connectivity index (χ3n) is 3.93. The zero-order chi connectivity index (χ0) is 13.2. The zero-order valence-corrected chi connectivity index (χ0v) is 11.5. The largest absolute Gasteiger partial charge is 0.497 e. The maximum Gasteiger partial charge on any atom is 0.118 e. The van der Waals surface area contributed by atoms with Crippen molar-refractivity contribution < 1.29 is 9.84 Å². The Morgan fingerprint density at radius 2 is 2.06 bits per heavy atom. The molecule has 1 heterocycles. The lowest BCUT2D eigenvalue weighted by molar-refractivity contribution is -0.0251. The van der Waals surface area contributed by atoms with Crippen molar-refractivity contribution in [1.82, 2.24) is 4.90 Å². The van der Waals surface area contributed by atoms with Crippen molar-refractivity contribution >= 4 is 0 Å². The van der Waals surface area contributed by atoms with E-state index in [-0.39, 0.29) is 0 Å². The van der Waals surface area contributed by atoms with Crippen LogP contribution >= 0.6 is 0 Å². The summed E-state index contributed by atoms with van der Waals surface area (Å²) in [6.45, 7) is 2.91. The highest BCUT2D eigenvalue weighted by atomic mass is 16.5. The SMILES string of the molecule is COc1ccc(CC2CC(C)(O)CCN2C)cc1. The quantitative estimate of drug-likeness (QED) is 0.890. The fraction of sp³-hybridized carbons (Fsp3) is 0.600. The van der Waals surface area contributed by atoms with E-state index in [1.165, 1.54) is 5.56 Å². The lowest BCUT2D eigenvalue weighted by Gasteiger charge is -2.40. The summed E-state index contributed by atoms with van der Waals surface area (Å²) >= 11 is 0. The van der Waals surface area contributed by atoms with Crippen LogP contribution in [0.2, 0.25) is 0 Å². The van der Waals surface area contributed by atoms with Crippen LogP contribution in [0.15, 0.2) is 24.3 Å². The Hall–Kier alpha value is -1.06. The molecule has 2 atom stereocenters. The number of hydrogen-bond acceptors (Lipinski definition) is 3. The molecule has 0 saturated carbocycles. The van der Waals surface area contributed by atoms with Crippen LogP contribution in [0.4, 0.5) is 0 Å². The number of hydrogen-bond donors (Lipinski definition) is 1. The second-order valence-electron chi connectivity index (χ2n) is 5.64. The highest BCUT2D eigenvalue weighted by Gasteiger charge is 2.32. The summed E-state index contributed by atoms with van der Waals surface area (Å²) in [6.07, 6.45) is 2.69. The number of methoxy groups -OCH3 is 1. The van der Waals surface area contributed by atoms with Crippen LogP contribution in [0, 0.1) is 0 Å². The summed E-state index contributed by atoms with van der Waals surface area (Å²) in [5, 5.41) is 10.2. The maximum atomic E-state index is 10.2. The van der Waals surface area contributed by atoms with Crippen LogP contribution in [-0.2, 0) is 6.42 Å². The van der Waals surface area contributed by atoms with Crippen molar-refractivity contribution in [2.45, 2.75) is 37.8 Å². The molecular formula is C15H23NO2. The summed E-state index contributed by atoms with van der Waals surface area (Å²) in [7, 11) is 3.82. The molecule has 0 amide bonds. The Kier molecular flexibility index (Phi) is 3.93. The van der Waals surface area contributed by atoms with Crippen LogP contribution in [0.3, 0.4) is 0 Å². The Labute approximate surface area is 109 Å². The highest BCUT2D eigenvalue weighted by molar-refractivity contribution is 5.27. The van der Waals surface area contributed by atoms with Gasteiger partial charge in [0.15, 0.2) is 0 Å². The average molecular weight is 249 g/mol. The van der Waals surface area contributed by atoms with E-state index in [0.717, 1.165) is 31.6 Å². The minimum Gasteiger partial charge on any atom is -0.497 e. The van der Waals surface area contributed by atoms with E-state index in [4.69, 9.17) is 4.74 Å². The van der Waals surface area contributed by atoms with Crippen LogP contribution < -0.4 is 4.74 Å². The van der Waals surface area contributed by atoms with Gasteiger partial charge in [-0.1, -0.05) is 12.1 Å². The first-order valence-corrected chi connectivity index (χ1v) is 6.56. The van der Waals surface area contributed by atoms with Gasteiger partial charge >= 0.3 is 0 Å². The first-order chi connectivity index (χ1) is 8.50. The van der Waals surface area contributed by atoms with Gasteiger partial charge < -0.3 is 14.7 Å². The van der Waals surface area contributed by atoms with E-state index in [9.17, 15) is 5.11 Å². The molecule has 0 bridgehead atoms. The second kappa shape index (κ2) is 5.29. The Balaban J connectivity index is 2.02. The standard InChI is InChI=1S/C15H23NO2/c1-15(17)8-9-16(2)13(11-15)10-12-4-6-14(18-3)7-5-12/h4-7,13,17H,8-11H2,1-3H3. The Morgan fingerprint density at radius 3 is 2.67 bits per heavy atom. The van der Waals surface area contributed by atoms with Gasteiger partial charge in [-0.15, -0.1) is 0 Å². The third-order valence-corrected chi connectivity index (χ3v) is 3.93. The van der Waals surface area contributed by atoms with Crippen LogP contribution in [0.1, 0.15) is 25.3 Å². The number of rotatable bonds is 3. The summed E-state index contributed by atoms with van der Waals surface area (Å²) in [4.78, 5) is 2.35. The Morgan fingerprint density at radius 1 is 1.39 bits per heavy atom. The van der Waals surface area contributed by atoms with Crippen LogP contribution in [-0.4, -0.2) is 42.4 Å². The smallest absolute Gasteiger partial charge is 0.118 e. The number of likely N-dealkylation sites (tertiary alicyclic amines) is 1. The number of likely N-dealkylation sites (N-methyl/N-ethyl adjacent to an activating group) is 1. The van der Waals surface area contributed by atoms with Gasteiger partial charge in [0.1, 0.15) is 5.75 Å². The molecule has 1 fully saturated rings. The first kappa shape index (κ1) is 13.4. The lowest BCUT2D eigenvalue weighted by atomic mass is 9.85. The van der Waals surface area contributed by atoms with Gasteiger partial charge in [-0.05, 0) is 50.9 Å². The van der Waals surface area contributed by atoms with Crippen molar-refractivity contribution in [3.63, 3.8) is 0 Å². The van der Waals surface area contributed by atoms with Crippen molar-refractivity contribution in [2.24, 2.45) is 0 Å². The van der Waals surface area contributed by atoms with Crippen molar-refractivity contribution in [2.75, 3.05) is 20.7 Å². The molecule has 1 aromatic carbocycles. The van der Waals surface area contributed by atoms with E-state index in [0.29, 0.717) is 6.04 Å². The number of nitrogens with zero attached hydrogens (tertiary/aromatic N) is 1. The molecular weight excluding hydrogens is 226 g/mol. The van der Waals surface area contributed by atoms with E-state index in [2.05, 4.69) is 24.1 Å². The molecule has 1 saturated heterocycles. The number of aliphatic hydroxyl groups is 1. The molecule has 18 heavy (non-hydrogen) atoms. The Bertz CT molecular complexity index is 386. The number of piperidine rings is 1. The molecule has 1 aliphatic heterocycles. The second-order valence-corrected chi connectivity index (χ2v) is 5.64. The van der Waals surface area contributed by atoms with Gasteiger partial charge in [0.05, 0.1) is 12.7 Å². The molecule has 2 rings (SSSR count). The number of benzene rings is 1. The summed E-state index contributed by atoms with van der Waals surface area (Å²) in [5.74, 6) is 0.891. The first-order valence-electron chi connectivity index (χ1n) is 6.56. The fourth-order valence-corrected chi connectivity index (χ4v) is 2.63. The van der Waals surface area contributed by atoms with Gasteiger partial charge in [-0.3, -0.25) is 0 Å².